The van der Waals surface area contributed by atoms with E-state index in [2.05, 4.69) is 10.3 Å². The van der Waals surface area contributed by atoms with Crippen LogP contribution in [0.5, 0.6) is 0 Å². The van der Waals surface area contributed by atoms with Crippen molar-refractivity contribution in [3.8, 4) is 0 Å². The summed E-state index contributed by atoms with van der Waals surface area (Å²) < 4.78 is 0. The molecule has 0 saturated carbocycles. The monoisotopic (exact) mass is 225 g/mol. The first kappa shape index (κ1) is 10.6. The molecule has 1 saturated heterocycles. The number of hydrogen-bond donors (Lipinski definition) is 1. The highest BCUT2D eigenvalue weighted by molar-refractivity contribution is 7.09. The smallest absolute Gasteiger partial charge is 0.228 e. The number of amides is 1. The zero-order chi connectivity index (χ0) is 10.7. The quantitative estimate of drug-likeness (QED) is 0.805. The lowest BCUT2D eigenvalue weighted by molar-refractivity contribution is -0.135. The lowest BCUT2D eigenvalue weighted by Crippen LogP contribution is -2.51. The third-order valence-electron chi connectivity index (χ3n) is 2.65. The van der Waals surface area contributed by atoms with Crippen LogP contribution in [0.3, 0.4) is 0 Å². The minimum absolute atomic E-state index is 0.200. The molecule has 82 valence electrons. The van der Waals surface area contributed by atoms with Crippen LogP contribution in [0.1, 0.15) is 5.01 Å². The van der Waals surface area contributed by atoms with Crippen molar-refractivity contribution < 1.29 is 4.79 Å². The van der Waals surface area contributed by atoms with E-state index in [4.69, 9.17) is 0 Å². The molecule has 2 heterocycles. The molecule has 2 rings (SSSR count). The van der Waals surface area contributed by atoms with Crippen LogP contribution in [0.2, 0.25) is 0 Å². The van der Waals surface area contributed by atoms with Gasteiger partial charge in [0.2, 0.25) is 5.91 Å². The van der Waals surface area contributed by atoms with Gasteiger partial charge >= 0.3 is 0 Å². The van der Waals surface area contributed by atoms with Crippen LogP contribution in [-0.2, 0) is 11.2 Å². The zero-order valence-electron chi connectivity index (χ0n) is 8.77. The molecule has 0 spiro atoms. The number of carbonyl (C=O) groups is 1. The Morgan fingerprint density at radius 1 is 1.73 bits per heavy atom. The van der Waals surface area contributed by atoms with E-state index in [9.17, 15) is 4.79 Å². The molecule has 1 N–H and O–H groups in total. The molecule has 5 heteroatoms. The maximum absolute atomic E-state index is 11.8. The van der Waals surface area contributed by atoms with Crippen molar-refractivity contribution >= 4 is 17.2 Å². The van der Waals surface area contributed by atoms with Gasteiger partial charge in [-0.05, 0) is 0 Å². The molecule has 1 fully saturated rings. The molecule has 0 aromatic carbocycles. The average molecular weight is 225 g/mol. The van der Waals surface area contributed by atoms with Crippen molar-refractivity contribution in [1.29, 1.82) is 0 Å². The lowest BCUT2D eigenvalue weighted by Gasteiger charge is -2.30. The van der Waals surface area contributed by atoms with Crippen molar-refractivity contribution in [2.75, 3.05) is 26.7 Å². The summed E-state index contributed by atoms with van der Waals surface area (Å²) in [5, 5.41) is 6.17. The van der Waals surface area contributed by atoms with E-state index in [1.165, 1.54) is 0 Å². The van der Waals surface area contributed by atoms with E-state index >= 15 is 0 Å². The predicted octanol–water partition coefficient (Wildman–Crippen LogP) is 0.363. The molecule has 1 aliphatic rings. The summed E-state index contributed by atoms with van der Waals surface area (Å²) in [5.41, 5.74) is 0. The number of nitrogens with zero attached hydrogens (tertiary/aromatic N) is 2. The Kier molecular flexibility index (Phi) is 3.33. The summed E-state index contributed by atoms with van der Waals surface area (Å²) in [6.07, 6.45) is 2.66. The first-order chi connectivity index (χ1) is 7.27. The maximum Gasteiger partial charge on any atom is 0.228 e. The largest absolute Gasteiger partial charge is 0.345 e. The summed E-state index contributed by atoms with van der Waals surface area (Å²) in [7, 11) is 1.87. The van der Waals surface area contributed by atoms with E-state index in [-0.39, 0.29) is 11.8 Å². The topological polar surface area (TPSA) is 45.2 Å². The Hall–Kier alpha value is -0.940. The fourth-order valence-corrected chi connectivity index (χ4v) is 2.13. The number of nitrogens with one attached hydrogen (secondary N) is 1. The van der Waals surface area contributed by atoms with Gasteiger partial charge in [0.1, 0.15) is 0 Å². The van der Waals surface area contributed by atoms with E-state index in [1.807, 2.05) is 17.3 Å². The van der Waals surface area contributed by atoms with Gasteiger partial charge in [-0.1, -0.05) is 0 Å². The van der Waals surface area contributed by atoms with Crippen LogP contribution < -0.4 is 5.32 Å². The molecule has 1 aliphatic heterocycles. The summed E-state index contributed by atoms with van der Waals surface area (Å²) in [4.78, 5) is 17.8. The van der Waals surface area contributed by atoms with Gasteiger partial charge in [0.15, 0.2) is 0 Å². The minimum Gasteiger partial charge on any atom is -0.345 e. The highest BCUT2D eigenvalue weighted by Crippen LogP contribution is 2.09. The van der Waals surface area contributed by atoms with Gasteiger partial charge in [-0.25, -0.2) is 4.98 Å². The molecular weight excluding hydrogens is 210 g/mol. The van der Waals surface area contributed by atoms with E-state index in [0.717, 1.165) is 31.1 Å². The van der Waals surface area contributed by atoms with Crippen molar-refractivity contribution in [2.24, 2.45) is 5.92 Å². The summed E-state index contributed by atoms with van der Waals surface area (Å²) in [6, 6.07) is 0. The number of carbonyl (C=O) groups excluding carboxylic acids is 1. The summed E-state index contributed by atoms with van der Waals surface area (Å²) >= 11 is 1.64. The Morgan fingerprint density at radius 2 is 2.53 bits per heavy atom. The molecule has 0 bridgehead atoms. The van der Waals surface area contributed by atoms with Gasteiger partial charge in [0.25, 0.3) is 0 Å². The van der Waals surface area contributed by atoms with Crippen LogP contribution in [0.4, 0.5) is 0 Å². The Balaban J connectivity index is 1.76. The van der Waals surface area contributed by atoms with Gasteiger partial charge in [-0.15, -0.1) is 11.3 Å². The highest BCUT2D eigenvalue weighted by Gasteiger charge is 2.27. The van der Waals surface area contributed by atoms with Crippen molar-refractivity contribution in [2.45, 2.75) is 6.42 Å². The Labute approximate surface area is 93.3 Å². The van der Waals surface area contributed by atoms with Crippen molar-refractivity contribution in [3.63, 3.8) is 0 Å². The Bertz CT molecular complexity index is 321. The number of rotatable bonds is 4. The molecule has 15 heavy (non-hydrogen) atoms. The second kappa shape index (κ2) is 4.72. The molecule has 0 radical (unpaired) electrons. The average Bonchev–Trinajstić information content (AvgIpc) is 2.63. The third-order valence-corrected chi connectivity index (χ3v) is 3.49. The van der Waals surface area contributed by atoms with Crippen LogP contribution in [-0.4, -0.2) is 42.5 Å². The van der Waals surface area contributed by atoms with Gasteiger partial charge in [-0.2, -0.15) is 0 Å². The number of likely N-dealkylation sites (N-methyl/N-ethyl adjacent to an activating group) is 1. The number of aromatic nitrogens is 1. The zero-order valence-corrected chi connectivity index (χ0v) is 9.59. The lowest BCUT2D eigenvalue weighted by atomic mass is 10.0. The predicted molar refractivity (Wildman–Crippen MR) is 59.8 cm³/mol. The molecular formula is C10H15N3OS. The molecule has 1 amide bonds. The summed E-state index contributed by atoms with van der Waals surface area (Å²) in [6.45, 7) is 2.43. The molecule has 1 aromatic rings. The molecule has 1 aromatic heterocycles. The van der Waals surface area contributed by atoms with Crippen LogP contribution in [0.25, 0.3) is 0 Å². The molecule has 0 aliphatic carbocycles. The number of thiazole rings is 1. The molecule has 4 nitrogen and oxygen atoms in total. The Morgan fingerprint density at radius 3 is 3.07 bits per heavy atom. The highest BCUT2D eigenvalue weighted by atomic mass is 32.1. The standard InChI is InChI=1S/C10H15N3OS/c1-13(10(14)8-6-11-7-8)4-2-9-12-3-5-15-9/h3,5,8,11H,2,4,6-7H2,1H3. The third kappa shape index (κ3) is 2.54. The van der Waals surface area contributed by atoms with Gasteiger partial charge < -0.3 is 10.2 Å². The number of hydrogen-bond acceptors (Lipinski definition) is 4. The van der Waals surface area contributed by atoms with Gasteiger partial charge in [-0.3, -0.25) is 4.79 Å². The van der Waals surface area contributed by atoms with Gasteiger partial charge in [0.05, 0.1) is 10.9 Å². The fraction of sp³-hybridized carbons (Fsp3) is 0.600. The fourth-order valence-electron chi connectivity index (χ4n) is 1.52. The second-order valence-corrected chi connectivity index (χ2v) is 4.77. The molecule has 0 unspecified atom stereocenters. The molecule has 0 atom stereocenters. The first-order valence-corrected chi connectivity index (χ1v) is 5.99. The van der Waals surface area contributed by atoms with Crippen molar-refractivity contribution in [1.82, 2.24) is 15.2 Å². The van der Waals surface area contributed by atoms with Crippen LogP contribution in [0, 0.1) is 5.92 Å². The van der Waals surface area contributed by atoms with E-state index < -0.39 is 0 Å². The van der Waals surface area contributed by atoms with E-state index in [1.54, 1.807) is 17.5 Å². The van der Waals surface area contributed by atoms with Crippen LogP contribution in [0.15, 0.2) is 11.6 Å². The van der Waals surface area contributed by atoms with Gasteiger partial charge in [0, 0.05) is 44.7 Å². The van der Waals surface area contributed by atoms with E-state index in [0.29, 0.717) is 0 Å². The van der Waals surface area contributed by atoms with Crippen LogP contribution >= 0.6 is 11.3 Å². The minimum atomic E-state index is 0.200. The second-order valence-electron chi connectivity index (χ2n) is 3.79. The first-order valence-electron chi connectivity index (χ1n) is 5.11. The SMILES string of the molecule is CN(CCc1nccs1)C(=O)C1CNC1. The summed E-state index contributed by atoms with van der Waals surface area (Å²) in [5.74, 6) is 0.455. The maximum atomic E-state index is 11.8. The van der Waals surface area contributed by atoms with Crippen molar-refractivity contribution in [3.05, 3.63) is 16.6 Å². The normalized spacial score (nSPS) is 16.1.